The summed E-state index contributed by atoms with van der Waals surface area (Å²) in [6, 6.07) is 5.30. The summed E-state index contributed by atoms with van der Waals surface area (Å²) >= 11 is 0. The van der Waals surface area contributed by atoms with Crippen LogP contribution in [-0.2, 0) is 10.0 Å². The van der Waals surface area contributed by atoms with E-state index in [2.05, 4.69) is 14.8 Å². The molecule has 0 aliphatic carbocycles. The van der Waals surface area contributed by atoms with Crippen molar-refractivity contribution in [3.8, 4) is 5.82 Å². The zero-order valence-corrected chi connectivity index (χ0v) is 12.9. The fraction of sp³-hybridized carbons (Fsp3) is 0.385. The van der Waals surface area contributed by atoms with Gasteiger partial charge in [0, 0.05) is 6.20 Å². The van der Waals surface area contributed by atoms with Crippen LogP contribution in [0.4, 0.5) is 0 Å². The monoisotopic (exact) mass is 310 g/mol. The second-order valence-corrected chi connectivity index (χ2v) is 6.99. The summed E-state index contributed by atoms with van der Waals surface area (Å²) in [4.78, 5) is 4.21. The molecule has 0 aromatic carbocycles. The van der Waals surface area contributed by atoms with Crippen LogP contribution in [0.3, 0.4) is 0 Å². The number of rotatable bonds is 5. The molecule has 2 aromatic heterocycles. The van der Waals surface area contributed by atoms with Crippen molar-refractivity contribution in [2.75, 3.05) is 6.61 Å². The molecule has 8 heteroatoms. The zero-order valence-electron chi connectivity index (χ0n) is 12.1. The molecule has 0 bridgehead atoms. The minimum absolute atomic E-state index is 0.0645. The van der Waals surface area contributed by atoms with Crippen LogP contribution in [0, 0.1) is 6.92 Å². The first-order valence-corrected chi connectivity index (χ1v) is 7.86. The Hall–Kier alpha value is -1.77. The van der Waals surface area contributed by atoms with Gasteiger partial charge in [0.1, 0.15) is 4.90 Å². The molecule has 7 nitrogen and oxygen atoms in total. The van der Waals surface area contributed by atoms with Crippen LogP contribution in [0.15, 0.2) is 35.5 Å². The molecular weight excluding hydrogens is 292 g/mol. The molecule has 2 aromatic rings. The largest absolute Gasteiger partial charge is 0.394 e. The van der Waals surface area contributed by atoms with Crippen LogP contribution in [0.25, 0.3) is 5.82 Å². The molecule has 0 unspecified atom stereocenters. The lowest BCUT2D eigenvalue weighted by molar-refractivity contribution is 0.208. The van der Waals surface area contributed by atoms with E-state index in [-0.39, 0.29) is 11.5 Å². The summed E-state index contributed by atoms with van der Waals surface area (Å²) in [5, 5.41) is 13.3. The van der Waals surface area contributed by atoms with Crippen molar-refractivity contribution in [1.82, 2.24) is 19.5 Å². The maximum absolute atomic E-state index is 12.4. The summed E-state index contributed by atoms with van der Waals surface area (Å²) in [5.41, 5.74) is -0.492. The number of sulfonamides is 1. The van der Waals surface area contributed by atoms with Crippen molar-refractivity contribution in [3.05, 3.63) is 36.3 Å². The highest BCUT2D eigenvalue weighted by atomic mass is 32.2. The predicted octanol–water partition coefficient (Wildman–Crippen LogP) is 0.625. The van der Waals surface area contributed by atoms with E-state index in [0.717, 1.165) is 0 Å². The number of nitrogens with zero attached hydrogens (tertiary/aromatic N) is 3. The third kappa shape index (κ3) is 3.29. The Kier molecular flexibility index (Phi) is 4.13. The second kappa shape index (κ2) is 5.55. The van der Waals surface area contributed by atoms with Gasteiger partial charge in [-0.05, 0) is 32.9 Å². The Morgan fingerprint density at radius 2 is 2.10 bits per heavy atom. The Balaban J connectivity index is 2.41. The van der Waals surface area contributed by atoms with Gasteiger partial charge in [-0.25, -0.2) is 22.8 Å². The average molecular weight is 310 g/mol. The van der Waals surface area contributed by atoms with E-state index in [4.69, 9.17) is 0 Å². The van der Waals surface area contributed by atoms with E-state index in [1.807, 2.05) is 0 Å². The summed E-state index contributed by atoms with van der Waals surface area (Å²) in [7, 11) is -3.77. The first-order valence-electron chi connectivity index (χ1n) is 6.38. The van der Waals surface area contributed by atoms with Gasteiger partial charge in [0.05, 0.1) is 24.0 Å². The second-order valence-electron chi connectivity index (χ2n) is 5.34. The molecule has 0 radical (unpaired) electrons. The van der Waals surface area contributed by atoms with E-state index in [1.54, 1.807) is 45.2 Å². The molecule has 2 rings (SSSR count). The minimum Gasteiger partial charge on any atom is -0.394 e. The maximum atomic E-state index is 12.4. The first kappa shape index (κ1) is 15.6. The third-order valence-electron chi connectivity index (χ3n) is 2.93. The van der Waals surface area contributed by atoms with Crippen LogP contribution >= 0.6 is 0 Å². The molecule has 2 N–H and O–H groups in total. The smallest absolute Gasteiger partial charge is 0.244 e. The lowest BCUT2D eigenvalue weighted by Gasteiger charge is -2.22. The quantitative estimate of drug-likeness (QED) is 0.844. The summed E-state index contributed by atoms with van der Waals surface area (Å²) in [6.07, 6.45) is 2.89. The summed E-state index contributed by atoms with van der Waals surface area (Å²) < 4.78 is 28.7. The van der Waals surface area contributed by atoms with Gasteiger partial charge in [-0.15, -0.1) is 0 Å². The highest BCUT2D eigenvalue weighted by Crippen LogP contribution is 2.19. The molecule has 0 aliphatic heterocycles. The number of aliphatic hydroxyl groups excluding tert-OH is 1. The Morgan fingerprint density at radius 1 is 1.38 bits per heavy atom. The SMILES string of the molecule is Cc1c(S(=O)(=O)NC(C)(C)CO)cnn1-c1ccccn1. The number of pyridine rings is 1. The van der Waals surface area contributed by atoms with Crippen LogP contribution in [0.5, 0.6) is 0 Å². The molecule has 0 saturated carbocycles. The average Bonchev–Trinajstić information content (AvgIpc) is 2.81. The van der Waals surface area contributed by atoms with Crippen molar-refractivity contribution in [2.24, 2.45) is 0 Å². The normalized spacial score (nSPS) is 12.6. The van der Waals surface area contributed by atoms with Gasteiger partial charge < -0.3 is 5.11 Å². The minimum atomic E-state index is -3.77. The van der Waals surface area contributed by atoms with Crippen molar-refractivity contribution >= 4 is 10.0 Å². The number of hydrogen-bond acceptors (Lipinski definition) is 5. The molecule has 0 saturated heterocycles. The van der Waals surface area contributed by atoms with Crippen LogP contribution in [-0.4, -0.2) is 40.4 Å². The van der Waals surface area contributed by atoms with E-state index >= 15 is 0 Å². The van der Waals surface area contributed by atoms with E-state index < -0.39 is 15.6 Å². The predicted molar refractivity (Wildman–Crippen MR) is 77.6 cm³/mol. The summed E-state index contributed by atoms with van der Waals surface area (Å²) in [6.45, 7) is 4.55. The highest BCUT2D eigenvalue weighted by Gasteiger charge is 2.28. The molecule has 114 valence electrons. The zero-order chi connectivity index (χ0) is 15.7. The maximum Gasteiger partial charge on any atom is 0.244 e. The van der Waals surface area contributed by atoms with Gasteiger partial charge in [0.25, 0.3) is 0 Å². The molecule has 0 spiro atoms. The van der Waals surface area contributed by atoms with Gasteiger partial charge in [0.2, 0.25) is 10.0 Å². The van der Waals surface area contributed by atoms with E-state index in [1.165, 1.54) is 10.9 Å². The van der Waals surface area contributed by atoms with E-state index in [0.29, 0.717) is 11.5 Å². The lowest BCUT2D eigenvalue weighted by Crippen LogP contribution is -2.46. The molecule has 0 aliphatic rings. The van der Waals surface area contributed by atoms with Crippen molar-refractivity contribution < 1.29 is 13.5 Å². The van der Waals surface area contributed by atoms with Crippen LogP contribution in [0.1, 0.15) is 19.5 Å². The fourth-order valence-corrected chi connectivity index (χ4v) is 3.38. The lowest BCUT2D eigenvalue weighted by atomic mass is 10.1. The van der Waals surface area contributed by atoms with Crippen molar-refractivity contribution in [2.45, 2.75) is 31.2 Å². The number of hydrogen-bond donors (Lipinski definition) is 2. The Morgan fingerprint density at radius 3 is 2.67 bits per heavy atom. The molecule has 0 atom stereocenters. The third-order valence-corrected chi connectivity index (χ3v) is 4.73. The molecule has 0 fully saturated rings. The molecule has 0 amide bonds. The van der Waals surface area contributed by atoms with Gasteiger partial charge in [-0.3, -0.25) is 0 Å². The first-order chi connectivity index (χ1) is 9.77. The number of aromatic nitrogens is 3. The molecular formula is C13H18N4O3S. The highest BCUT2D eigenvalue weighted by molar-refractivity contribution is 7.89. The Bertz CT molecular complexity index is 723. The molecule has 21 heavy (non-hydrogen) atoms. The standard InChI is InChI=1S/C13H18N4O3S/c1-10-11(21(19,20)16-13(2,3)9-18)8-15-17(10)12-6-4-5-7-14-12/h4-8,16,18H,9H2,1-3H3. The van der Waals surface area contributed by atoms with Crippen molar-refractivity contribution in [3.63, 3.8) is 0 Å². The van der Waals surface area contributed by atoms with Gasteiger partial charge >= 0.3 is 0 Å². The van der Waals surface area contributed by atoms with Gasteiger partial charge in [0.15, 0.2) is 5.82 Å². The topological polar surface area (TPSA) is 97.1 Å². The number of nitrogens with one attached hydrogen (secondary N) is 1. The van der Waals surface area contributed by atoms with Crippen LogP contribution in [0.2, 0.25) is 0 Å². The van der Waals surface area contributed by atoms with Crippen molar-refractivity contribution in [1.29, 1.82) is 0 Å². The van der Waals surface area contributed by atoms with E-state index in [9.17, 15) is 13.5 Å². The Labute approximate surface area is 123 Å². The summed E-state index contributed by atoms with van der Waals surface area (Å²) in [5.74, 6) is 0.540. The molecule has 2 heterocycles. The fourth-order valence-electron chi connectivity index (χ4n) is 1.82. The van der Waals surface area contributed by atoms with Gasteiger partial charge in [-0.2, -0.15) is 5.10 Å². The van der Waals surface area contributed by atoms with Gasteiger partial charge in [-0.1, -0.05) is 6.07 Å². The van der Waals surface area contributed by atoms with Crippen LogP contribution < -0.4 is 4.72 Å². The number of aliphatic hydroxyl groups is 1.